The van der Waals surface area contributed by atoms with Crippen LogP contribution in [0.5, 0.6) is 0 Å². The van der Waals surface area contributed by atoms with Crippen LogP contribution < -0.4 is 10.6 Å². The second kappa shape index (κ2) is 6.60. The lowest BCUT2D eigenvalue weighted by Gasteiger charge is -2.10. The fraction of sp³-hybridized carbons (Fsp3) is 0.462. The first kappa shape index (κ1) is 15.3. The van der Waals surface area contributed by atoms with Crippen molar-refractivity contribution in [2.24, 2.45) is 0 Å². The molecule has 1 aromatic rings. The van der Waals surface area contributed by atoms with Crippen LogP contribution in [0.25, 0.3) is 0 Å². The van der Waals surface area contributed by atoms with Gasteiger partial charge in [0.1, 0.15) is 0 Å². The monoisotopic (exact) mass is 314 g/mol. The van der Waals surface area contributed by atoms with E-state index in [0.717, 1.165) is 17.2 Å². The van der Waals surface area contributed by atoms with E-state index in [-0.39, 0.29) is 11.9 Å². The zero-order valence-electron chi connectivity index (χ0n) is 11.3. The van der Waals surface area contributed by atoms with Crippen LogP contribution in [-0.2, 0) is 21.1 Å². The Morgan fingerprint density at radius 1 is 1.40 bits per heavy atom. The number of thioether (sulfide) groups is 1. The number of hydrogen-bond donors (Lipinski definition) is 2. The van der Waals surface area contributed by atoms with Gasteiger partial charge in [-0.15, -0.1) is 11.8 Å². The van der Waals surface area contributed by atoms with E-state index < -0.39 is 9.84 Å². The van der Waals surface area contributed by atoms with Crippen molar-refractivity contribution in [3.8, 4) is 0 Å². The van der Waals surface area contributed by atoms with Crippen LogP contribution >= 0.6 is 11.8 Å². The van der Waals surface area contributed by atoms with Crippen LogP contribution in [0.15, 0.2) is 29.2 Å². The van der Waals surface area contributed by atoms with E-state index in [1.165, 1.54) is 6.26 Å². The van der Waals surface area contributed by atoms with Crippen molar-refractivity contribution < 1.29 is 13.2 Å². The first-order valence-electron chi connectivity index (χ1n) is 6.34. The third-order valence-electron chi connectivity index (χ3n) is 3.10. The van der Waals surface area contributed by atoms with Gasteiger partial charge in [-0.05, 0) is 24.1 Å². The number of nitrogens with one attached hydrogen (secondary N) is 2. The van der Waals surface area contributed by atoms with E-state index in [2.05, 4.69) is 10.6 Å². The summed E-state index contributed by atoms with van der Waals surface area (Å²) in [5.41, 5.74) is 1.01. The standard InChI is InChI=1S/C13H18N2O3S2/c1-20(17,18)11-4-2-10(3-5-11)6-7-14-13(16)12-8-19-9-15-12/h2-5,12,15H,6-9H2,1H3,(H,14,16). The molecule has 110 valence electrons. The van der Waals surface area contributed by atoms with Gasteiger partial charge >= 0.3 is 0 Å². The summed E-state index contributed by atoms with van der Waals surface area (Å²) in [5, 5.41) is 6.00. The van der Waals surface area contributed by atoms with Crippen LogP contribution in [0.1, 0.15) is 5.56 Å². The van der Waals surface area contributed by atoms with Crippen LogP contribution in [0.2, 0.25) is 0 Å². The molecule has 1 saturated heterocycles. The van der Waals surface area contributed by atoms with Crippen molar-refractivity contribution in [3.05, 3.63) is 29.8 Å². The molecular weight excluding hydrogens is 296 g/mol. The Morgan fingerprint density at radius 2 is 2.10 bits per heavy atom. The largest absolute Gasteiger partial charge is 0.354 e. The summed E-state index contributed by atoms with van der Waals surface area (Å²) < 4.78 is 22.7. The van der Waals surface area contributed by atoms with Gasteiger partial charge in [-0.3, -0.25) is 10.1 Å². The highest BCUT2D eigenvalue weighted by atomic mass is 32.2. The maximum Gasteiger partial charge on any atom is 0.238 e. The van der Waals surface area contributed by atoms with Crippen LogP contribution in [0, 0.1) is 0 Å². The van der Waals surface area contributed by atoms with Gasteiger partial charge in [0.2, 0.25) is 5.91 Å². The Labute approximate surface area is 123 Å². The predicted octanol–water partition coefficient (Wildman–Crippen LogP) is 0.411. The van der Waals surface area contributed by atoms with Gasteiger partial charge in [0, 0.05) is 24.4 Å². The summed E-state index contributed by atoms with van der Waals surface area (Å²) in [5.74, 6) is 1.67. The second-order valence-corrected chi connectivity index (χ2v) is 7.77. The number of sulfone groups is 1. The summed E-state index contributed by atoms with van der Waals surface area (Å²) >= 11 is 1.72. The van der Waals surface area contributed by atoms with Crippen molar-refractivity contribution in [2.75, 3.05) is 24.4 Å². The summed E-state index contributed by atoms with van der Waals surface area (Å²) in [6.07, 6.45) is 1.88. The predicted molar refractivity (Wildman–Crippen MR) is 80.5 cm³/mol. The van der Waals surface area contributed by atoms with Crippen LogP contribution in [0.4, 0.5) is 0 Å². The maximum absolute atomic E-state index is 11.8. The average Bonchev–Trinajstić information content (AvgIpc) is 2.92. The lowest BCUT2D eigenvalue weighted by molar-refractivity contribution is -0.122. The van der Waals surface area contributed by atoms with Gasteiger partial charge in [0.05, 0.1) is 10.9 Å². The Balaban J connectivity index is 1.81. The fourth-order valence-electron chi connectivity index (χ4n) is 1.92. The van der Waals surface area contributed by atoms with E-state index in [1.54, 1.807) is 36.0 Å². The van der Waals surface area contributed by atoms with E-state index >= 15 is 0 Å². The molecule has 1 aromatic carbocycles. The SMILES string of the molecule is CS(=O)(=O)c1ccc(CCNC(=O)C2CSCN2)cc1. The molecule has 1 aliphatic rings. The van der Waals surface area contributed by atoms with Gasteiger partial charge in [0.15, 0.2) is 9.84 Å². The number of carbonyl (C=O) groups is 1. The zero-order chi connectivity index (χ0) is 14.6. The molecule has 0 spiro atoms. The summed E-state index contributed by atoms with van der Waals surface area (Å²) in [6, 6.07) is 6.68. The second-order valence-electron chi connectivity index (χ2n) is 4.73. The third kappa shape index (κ3) is 4.22. The van der Waals surface area contributed by atoms with Crippen molar-refractivity contribution >= 4 is 27.5 Å². The molecule has 1 aliphatic heterocycles. The molecular formula is C13H18N2O3S2. The first-order valence-corrected chi connectivity index (χ1v) is 9.39. The number of carbonyl (C=O) groups excluding carboxylic acids is 1. The molecule has 0 bridgehead atoms. The molecule has 20 heavy (non-hydrogen) atoms. The summed E-state index contributed by atoms with van der Waals surface area (Å²) in [6.45, 7) is 0.555. The third-order valence-corrected chi connectivity index (χ3v) is 5.17. The van der Waals surface area contributed by atoms with Crippen molar-refractivity contribution in [2.45, 2.75) is 17.4 Å². The molecule has 2 N–H and O–H groups in total. The molecule has 0 aromatic heterocycles. The minimum Gasteiger partial charge on any atom is -0.354 e. The minimum atomic E-state index is -3.14. The van der Waals surface area contributed by atoms with Crippen LogP contribution in [-0.4, -0.2) is 44.8 Å². The smallest absolute Gasteiger partial charge is 0.238 e. The van der Waals surface area contributed by atoms with E-state index in [1.807, 2.05) is 0 Å². The molecule has 1 unspecified atom stereocenters. The topological polar surface area (TPSA) is 75.3 Å². The highest BCUT2D eigenvalue weighted by Crippen LogP contribution is 2.11. The number of benzene rings is 1. The minimum absolute atomic E-state index is 0.0303. The average molecular weight is 314 g/mol. The number of hydrogen-bond acceptors (Lipinski definition) is 5. The normalized spacial score (nSPS) is 18.9. The van der Waals surface area contributed by atoms with Gasteiger partial charge in [-0.2, -0.15) is 0 Å². The highest BCUT2D eigenvalue weighted by molar-refractivity contribution is 7.99. The first-order chi connectivity index (χ1) is 9.47. The Hall–Kier alpha value is -1.05. The number of amides is 1. The van der Waals surface area contributed by atoms with E-state index in [9.17, 15) is 13.2 Å². The molecule has 2 rings (SSSR count). The Kier molecular flexibility index (Phi) is 5.06. The molecule has 1 heterocycles. The molecule has 1 atom stereocenters. The fourth-order valence-corrected chi connectivity index (χ4v) is 3.49. The lowest BCUT2D eigenvalue weighted by atomic mass is 10.1. The van der Waals surface area contributed by atoms with Gasteiger partial charge in [-0.25, -0.2) is 8.42 Å². The molecule has 1 amide bonds. The lowest BCUT2D eigenvalue weighted by Crippen LogP contribution is -2.42. The van der Waals surface area contributed by atoms with Gasteiger partial charge in [-0.1, -0.05) is 12.1 Å². The highest BCUT2D eigenvalue weighted by Gasteiger charge is 2.21. The zero-order valence-corrected chi connectivity index (χ0v) is 12.9. The molecule has 0 saturated carbocycles. The summed E-state index contributed by atoms with van der Waals surface area (Å²) in [7, 11) is -3.14. The Morgan fingerprint density at radius 3 is 2.65 bits per heavy atom. The van der Waals surface area contributed by atoms with Crippen molar-refractivity contribution in [1.82, 2.24) is 10.6 Å². The van der Waals surface area contributed by atoms with E-state index in [0.29, 0.717) is 17.9 Å². The van der Waals surface area contributed by atoms with E-state index in [4.69, 9.17) is 0 Å². The molecule has 0 aliphatic carbocycles. The molecule has 7 heteroatoms. The molecule has 0 radical (unpaired) electrons. The van der Waals surface area contributed by atoms with Crippen LogP contribution in [0.3, 0.4) is 0 Å². The van der Waals surface area contributed by atoms with Crippen molar-refractivity contribution in [1.29, 1.82) is 0 Å². The molecule has 1 fully saturated rings. The maximum atomic E-state index is 11.8. The Bertz CT molecular complexity index is 564. The van der Waals surface area contributed by atoms with Gasteiger partial charge < -0.3 is 5.32 Å². The van der Waals surface area contributed by atoms with Crippen molar-refractivity contribution in [3.63, 3.8) is 0 Å². The van der Waals surface area contributed by atoms with Gasteiger partial charge in [0.25, 0.3) is 0 Å². The summed E-state index contributed by atoms with van der Waals surface area (Å²) in [4.78, 5) is 12.1. The molecule has 5 nitrogen and oxygen atoms in total. The quantitative estimate of drug-likeness (QED) is 0.823. The number of rotatable bonds is 5.